The summed E-state index contributed by atoms with van der Waals surface area (Å²) in [5.41, 5.74) is 14.4. The van der Waals surface area contributed by atoms with Crippen molar-refractivity contribution in [2.45, 2.75) is 0 Å². The predicted molar refractivity (Wildman–Crippen MR) is 256 cm³/mol. The number of aromatic nitrogens is 5. The first kappa shape index (κ1) is 35.5. The Morgan fingerprint density at radius 2 is 0.629 bits per heavy atom. The second-order valence-electron chi connectivity index (χ2n) is 15.6. The minimum absolute atomic E-state index is 0.632. The lowest BCUT2D eigenvalue weighted by molar-refractivity contribution is 1.07. The van der Waals surface area contributed by atoms with Gasteiger partial charge >= 0.3 is 0 Å². The Morgan fingerprint density at radius 1 is 0.258 bits per heavy atom. The van der Waals surface area contributed by atoms with Gasteiger partial charge in [0.25, 0.3) is 0 Å². The Balaban J connectivity index is 1.01. The molecule has 12 rings (SSSR count). The Hall–Kier alpha value is -8.41. The molecule has 3 aromatic heterocycles. The molecular weight excluding hydrogens is 755 g/mol. The summed E-state index contributed by atoms with van der Waals surface area (Å²) in [6, 6.07) is 79.3. The zero-order chi connectivity index (χ0) is 41.0. The van der Waals surface area contributed by atoms with Crippen LogP contribution in [-0.2, 0) is 0 Å². The van der Waals surface area contributed by atoms with Crippen molar-refractivity contribution in [2.24, 2.45) is 0 Å². The highest BCUT2D eigenvalue weighted by molar-refractivity contribution is 6.22. The average molecular weight is 792 g/mol. The largest absolute Gasteiger partial charge is 0.309 e. The summed E-state index contributed by atoms with van der Waals surface area (Å²) >= 11 is 0. The third kappa shape index (κ3) is 5.90. The second kappa shape index (κ2) is 14.7. The predicted octanol–water partition coefficient (Wildman–Crippen LogP) is 14.4. The molecule has 0 N–H and O–H groups in total. The SMILES string of the molecule is c1ccc(-c2nc(-c3ccccc3)nc(-c3cccc(-c4cccc(-n5c6ccccc6c6c(-c7cccc8c7c7ccccc7n8-c7ccccc7)cccc65)c4)c3)n2)cc1. The lowest BCUT2D eigenvalue weighted by Gasteiger charge is -2.12. The summed E-state index contributed by atoms with van der Waals surface area (Å²) in [4.78, 5) is 14.9. The molecule has 0 aliphatic carbocycles. The third-order valence-corrected chi connectivity index (χ3v) is 12.0. The summed E-state index contributed by atoms with van der Waals surface area (Å²) in [7, 11) is 0. The number of rotatable bonds is 7. The van der Waals surface area contributed by atoms with Crippen molar-refractivity contribution in [3.63, 3.8) is 0 Å². The van der Waals surface area contributed by atoms with Crippen molar-refractivity contribution in [1.29, 1.82) is 0 Å². The van der Waals surface area contributed by atoms with Crippen molar-refractivity contribution in [3.8, 4) is 67.8 Å². The van der Waals surface area contributed by atoms with Gasteiger partial charge in [-0.1, -0.05) is 170 Å². The lowest BCUT2D eigenvalue weighted by Crippen LogP contribution is -2.00. The molecule has 9 aromatic carbocycles. The van der Waals surface area contributed by atoms with Gasteiger partial charge in [-0.05, 0) is 76.9 Å². The van der Waals surface area contributed by atoms with Crippen LogP contribution in [0.2, 0.25) is 0 Å². The maximum Gasteiger partial charge on any atom is 0.164 e. The van der Waals surface area contributed by atoms with E-state index in [1.807, 2.05) is 60.7 Å². The normalized spacial score (nSPS) is 11.5. The zero-order valence-corrected chi connectivity index (χ0v) is 33.6. The van der Waals surface area contributed by atoms with E-state index < -0.39 is 0 Å². The van der Waals surface area contributed by atoms with E-state index in [0.717, 1.165) is 50.2 Å². The van der Waals surface area contributed by atoms with Crippen LogP contribution >= 0.6 is 0 Å². The highest BCUT2D eigenvalue weighted by Gasteiger charge is 2.21. The Bertz CT molecular complexity index is 3570. The maximum atomic E-state index is 5.02. The van der Waals surface area contributed by atoms with Crippen LogP contribution in [0.1, 0.15) is 0 Å². The molecule has 0 fully saturated rings. The molecule has 0 unspecified atom stereocenters. The summed E-state index contributed by atoms with van der Waals surface area (Å²) in [5.74, 6) is 1.92. The maximum absolute atomic E-state index is 5.02. The fourth-order valence-electron chi connectivity index (χ4n) is 9.22. The standard InChI is InChI=1S/C57H37N5/c1-4-18-38(19-5-1)55-58-56(39-20-6-2-7-21-39)60-57(59-55)42-24-14-22-40(36-42)41-23-15-27-44(37-41)62-50-33-13-11-29-48(50)54-46(31-17-35-52(54)62)45-30-16-34-51-53(45)47-28-10-12-32-49(47)61(51)43-25-8-3-9-26-43/h1-37H. The molecule has 5 heteroatoms. The van der Waals surface area contributed by atoms with Crippen molar-refractivity contribution in [1.82, 2.24) is 24.1 Å². The van der Waals surface area contributed by atoms with Gasteiger partial charge in [-0.2, -0.15) is 0 Å². The number of hydrogen-bond acceptors (Lipinski definition) is 3. The van der Waals surface area contributed by atoms with E-state index in [0.29, 0.717) is 17.5 Å². The Morgan fingerprint density at radius 3 is 1.19 bits per heavy atom. The number of benzene rings is 9. The molecule has 5 nitrogen and oxygen atoms in total. The molecule has 0 spiro atoms. The molecular formula is C57H37N5. The van der Waals surface area contributed by atoms with Crippen LogP contribution in [0.15, 0.2) is 224 Å². The van der Waals surface area contributed by atoms with Crippen LogP contribution in [0.5, 0.6) is 0 Å². The van der Waals surface area contributed by atoms with Crippen LogP contribution in [-0.4, -0.2) is 24.1 Å². The molecule has 62 heavy (non-hydrogen) atoms. The molecule has 12 aromatic rings. The molecule has 0 saturated heterocycles. The van der Waals surface area contributed by atoms with Gasteiger partial charge in [-0.3, -0.25) is 0 Å². The van der Waals surface area contributed by atoms with Crippen LogP contribution in [0.25, 0.3) is 111 Å². The molecule has 290 valence electrons. The lowest BCUT2D eigenvalue weighted by atomic mass is 9.95. The van der Waals surface area contributed by atoms with Gasteiger partial charge in [0, 0.05) is 49.6 Å². The molecule has 0 amide bonds. The second-order valence-corrected chi connectivity index (χ2v) is 15.6. The van der Waals surface area contributed by atoms with Gasteiger partial charge in [0.05, 0.1) is 22.1 Å². The smallest absolute Gasteiger partial charge is 0.164 e. The molecule has 3 heterocycles. The van der Waals surface area contributed by atoms with Crippen LogP contribution < -0.4 is 0 Å². The molecule has 0 aliphatic rings. The Kier molecular flexibility index (Phi) is 8.42. The number of fused-ring (bicyclic) bond motifs is 6. The third-order valence-electron chi connectivity index (χ3n) is 12.0. The first-order valence-corrected chi connectivity index (χ1v) is 21.0. The molecule has 0 radical (unpaired) electrons. The number of nitrogens with zero attached hydrogens (tertiary/aromatic N) is 5. The minimum Gasteiger partial charge on any atom is -0.309 e. The highest BCUT2D eigenvalue weighted by atomic mass is 15.0. The average Bonchev–Trinajstić information content (AvgIpc) is 3.88. The zero-order valence-electron chi connectivity index (χ0n) is 33.6. The first-order valence-electron chi connectivity index (χ1n) is 21.0. The van der Waals surface area contributed by atoms with Crippen molar-refractivity contribution in [3.05, 3.63) is 224 Å². The van der Waals surface area contributed by atoms with E-state index in [1.165, 1.54) is 43.7 Å². The summed E-state index contributed by atoms with van der Waals surface area (Å²) in [6.07, 6.45) is 0. The summed E-state index contributed by atoms with van der Waals surface area (Å²) < 4.78 is 4.81. The van der Waals surface area contributed by atoms with Crippen LogP contribution in [0.4, 0.5) is 0 Å². The minimum atomic E-state index is 0.632. The molecule has 0 saturated carbocycles. The fourth-order valence-corrected chi connectivity index (χ4v) is 9.22. The van der Waals surface area contributed by atoms with E-state index in [4.69, 9.17) is 15.0 Å². The Labute approximate surface area is 358 Å². The molecule has 0 bridgehead atoms. The van der Waals surface area contributed by atoms with Gasteiger partial charge in [0.15, 0.2) is 17.5 Å². The van der Waals surface area contributed by atoms with Crippen LogP contribution in [0.3, 0.4) is 0 Å². The molecule has 0 aliphatic heterocycles. The van der Waals surface area contributed by atoms with Gasteiger partial charge in [0.2, 0.25) is 0 Å². The number of para-hydroxylation sites is 3. The van der Waals surface area contributed by atoms with E-state index >= 15 is 0 Å². The van der Waals surface area contributed by atoms with Crippen molar-refractivity contribution >= 4 is 43.6 Å². The van der Waals surface area contributed by atoms with Gasteiger partial charge < -0.3 is 9.13 Å². The van der Waals surface area contributed by atoms with Crippen molar-refractivity contribution < 1.29 is 0 Å². The monoisotopic (exact) mass is 791 g/mol. The quantitative estimate of drug-likeness (QED) is 0.162. The highest BCUT2D eigenvalue weighted by Crippen LogP contribution is 2.44. The molecule has 0 atom stereocenters. The fraction of sp³-hybridized carbons (Fsp3) is 0. The van der Waals surface area contributed by atoms with E-state index in [1.54, 1.807) is 0 Å². The van der Waals surface area contributed by atoms with E-state index in [2.05, 4.69) is 173 Å². The van der Waals surface area contributed by atoms with E-state index in [9.17, 15) is 0 Å². The van der Waals surface area contributed by atoms with Gasteiger partial charge in [-0.25, -0.2) is 15.0 Å². The van der Waals surface area contributed by atoms with Crippen LogP contribution in [0, 0.1) is 0 Å². The van der Waals surface area contributed by atoms with Crippen molar-refractivity contribution in [2.75, 3.05) is 0 Å². The van der Waals surface area contributed by atoms with E-state index in [-0.39, 0.29) is 0 Å². The topological polar surface area (TPSA) is 48.5 Å². The van der Waals surface area contributed by atoms with Gasteiger partial charge in [0.1, 0.15) is 0 Å². The van der Waals surface area contributed by atoms with Gasteiger partial charge in [-0.15, -0.1) is 0 Å². The summed E-state index contributed by atoms with van der Waals surface area (Å²) in [6.45, 7) is 0. The number of hydrogen-bond donors (Lipinski definition) is 0. The summed E-state index contributed by atoms with van der Waals surface area (Å²) in [5, 5.41) is 4.94. The first-order chi connectivity index (χ1) is 30.8.